The van der Waals surface area contributed by atoms with E-state index in [-0.39, 0.29) is 5.91 Å². The van der Waals surface area contributed by atoms with Gasteiger partial charge in [0.1, 0.15) is 12.4 Å². The summed E-state index contributed by atoms with van der Waals surface area (Å²) in [5.74, 6) is 0.876. The third kappa shape index (κ3) is 4.16. The highest BCUT2D eigenvalue weighted by Gasteiger charge is 2.06. The first-order chi connectivity index (χ1) is 11.7. The molecular formula is C20H22N2O2. The first-order valence-corrected chi connectivity index (χ1v) is 8.23. The Morgan fingerprint density at radius 1 is 1.12 bits per heavy atom. The van der Waals surface area contributed by atoms with Crippen LogP contribution in [0, 0.1) is 6.92 Å². The lowest BCUT2D eigenvalue weighted by Gasteiger charge is -2.08. The van der Waals surface area contributed by atoms with E-state index in [1.165, 1.54) is 16.5 Å². The zero-order valence-corrected chi connectivity index (χ0v) is 13.8. The first kappa shape index (κ1) is 16.1. The van der Waals surface area contributed by atoms with Gasteiger partial charge in [-0.2, -0.15) is 0 Å². The lowest BCUT2D eigenvalue weighted by molar-refractivity contribution is -0.121. The van der Waals surface area contributed by atoms with Crippen LogP contribution in [-0.2, 0) is 11.2 Å². The van der Waals surface area contributed by atoms with Gasteiger partial charge in [0.25, 0.3) is 0 Å². The van der Waals surface area contributed by atoms with E-state index in [2.05, 4.69) is 16.4 Å². The van der Waals surface area contributed by atoms with Crippen molar-refractivity contribution in [1.29, 1.82) is 0 Å². The molecule has 0 aliphatic rings. The van der Waals surface area contributed by atoms with Crippen molar-refractivity contribution in [2.24, 2.45) is 0 Å². The molecule has 2 N–H and O–H groups in total. The van der Waals surface area contributed by atoms with Gasteiger partial charge in [0, 0.05) is 23.5 Å². The molecule has 0 aliphatic heterocycles. The number of aromatic amines is 1. The minimum Gasteiger partial charge on any atom is -0.492 e. The van der Waals surface area contributed by atoms with E-state index >= 15 is 0 Å². The Labute approximate surface area is 141 Å². The number of amides is 1. The number of carbonyl (C=O) groups is 1. The Bertz CT molecular complexity index is 806. The smallest absolute Gasteiger partial charge is 0.220 e. The molecule has 0 saturated heterocycles. The second-order valence-corrected chi connectivity index (χ2v) is 5.87. The van der Waals surface area contributed by atoms with Crippen molar-refractivity contribution in [1.82, 2.24) is 10.3 Å². The lowest BCUT2D eigenvalue weighted by Crippen LogP contribution is -2.28. The Hall–Kier alpha value is -2.75. The van der Waals surface area contributed by atoms with Gasteiger partial charge < -0.3 is 15.0 Å². The summed E-state index contributed by atoms with van der Waals surface area (Å²) in [6.07, 6.45) is 3.19. The topological polar surface area (TPSA) is 54.1 Å². The molecule has 0 spiro atoms. The molecule has 0 radical (unpaired) electrons. The van der Waals surface area contributed by atoms with Crippen LogP contribution in [0.1, 0.15) is 17.5 Å². The molecule has 3 aromatic rings. The number of benzene rings is 2. The van der Waals surface area contributed by atoms with E-state index in [0.29, 0.717) is 19.6 Å². The van der Waals surface area contributed by atoms with Crippen LogP contribution in [0.4, 0.5) is 0 Å². The van der Waals surface area contributed by atoms with Crippen molar-refractivity contribution >= 4 is 16.8 Å². The highest BCUT2D eigenvalue weighted by molar-refractivity contribution is 5.84. The number of ether oxygens (including phenoxy) is 1. The van der Waals surface area contributed by atoms with Gasteiger partial charge in [-0.15, -0.1) is 0 Å². The summed E-state index contributed by atoms with van der Waals surface area (Å²) in [5, 5.41) is 4.09. The highest BCUT2D eigenvalue weighted by atomic mass is 16.5. The average Bonchev–Trinajstić information content (AvgIpc) is 3.02. The van der Waals surface area contributed by atoms with Crippen molar-refractivity contribution in [3.8, 4) is 5.75 Å². The van der Waals surface area contributed by atoms with E-state index in [1.54, 1.807) is 0 Å². The van der Waals surface area contributed by atoms with Crippen LogP contribution in [0.25, 0.3) is 10.9 Å². The number of para-hydroxylation sites is 1. The van der Waals surface area contributed by atoms with Gasteiger partial charge >= 0.3 is 0 Å². The number of aryl methyl sites for hydroxylation is 2. The molecule has 0 atom stereocenters. The van der Waals surface area contributed by atoms with Gasteiger partial charge in [0.2, 0.25) is 5.91 Å². The van der Waals surface area contributed by atoms with Crippen LogP contribution in [0.15, 0.2) is 54.7 Å². The Morgan fingerprint density at radius 3 is 2.75 bits per heavy atom. The monoisotopic (exact) mass is 322 g/mol. The predicted octanol–water partition coefficient (Wildman–Crippen LogP) is 3.60. The predicted molar refractivity (Wildman–Crippen MR) is 96.3 cm³/mol. The number of rotatable bonds is 7. The SMILES string of the molecule is Cc1ccc(OCCNC(=O)CCc2c[nH]c3ccccc23)cc1. The summed E-state index contributed by atoms with van der Waals surface area (Å²) in [4.78, 5) is 15.2. The van der Waals surface area contributed by atoms with Crippen molar-refractivity contribution < 1.29 is 9.53 Å². The number of carbonyl (C=O) groups excluding carboxylic acids is 1. The van der Waals surface area contributed by atoms with E-state index in [9.17, 15) is 4.79 Å². The third-order valence-corrected chi connectivity index (χ3v) is 4.01. The maximum atomic E-state index is 12.0. The molecule has 0 unspecified atom stereocenters. The molecule has 124 valence electrons. The van der Waals surface area contributed by atoms with E-state index in [1.807, 2.05) is 55.6 Å². The Kier molecular flexibility index (Phi) is 5.16. The fourth-order valence-electron chi connectivity index (χ4n) is 2.67. The maximum Gasteiger partial charge on any atom is 0.220 e. The van der Waals surface area contributed by atoms with Crippen molar-refractivity contribution in [3.05, 3.63) is 65.9 Å². The van der Waals surface area contributed by atoms with Crippen LogP contribution < -0.4 is 10.1 Å². The normalized spacial score (nSPS) is 10.7. The molecule has 1 aromatic heterocycles. The molecule has 24 heavy (non-hydrogen) atoms. The maximum absolute atomic E-state index is 12.0. The van der Waals surface area contributed by atoms with Crippen LogP contribution in [0.5, 0.6) is 5.75 Å². The summed E-state index contributed by atoms with van der Waals surface area (Å²) < 4.78 is 5.60. The van der Waals surface area contributed by atoms with Crippen LogP contribution in [0.3, 0.4) is 0 Å². The Balaban J connectivity index is 1.39. The summed E-state index contributed by atoms with van der Waals surface area (Å²) >= 11 is 0. The molecule has 4 nitrogen and oxygen atoms in total. The Morgan fingerprint density at radius 2 is 1.92 bits per heavy atom. The van der Waals surface area contributed by atoms with Crippen molar-refractivity contribution in [2.45, 2.75) is 19.8 Å². The fourth-order valence-corrected chi connectivity index (χ4v) is 2.67. The van der Waals surface area contributed by atoms with Gasteiger partial charge in [0.05, 0.1) is 6.54 Å². The van der Waals surface area contributed by atoms with Crippen LogP contribution >= 0.6 is 0 Å². The third-order valence-electron chi connectivity index (χ3n) is 4.01. The first-order valence-electron chi connectivity index (χ1n) is 8.23. The number of H-pyrrole nitrogens is 1. The second-order valence-electron chi connectivity index (χ2n) is 5.87. The molecule has 0 fully saturated rings. The van der Waals surface area contributed by atoms with E-state index < -0.39 is 0 Å². The van der Waals surface area contributed by atoms with Crippen molar-refractivity contribution in [3.63, 3.8) is 0 Å². The van der Waals surface area contributed by atoms with E-state index in [4.69, 9.17) is 4.74 Å². The van der Waals surface area contributed by atoms with Gasteiger partial charge in [0.15, 0.2) is 0 Å². The minimum atomic E-state index is 0.0489. The largest absolute Gasteiger partial charge is 0.492 e. The lowest BCUT2D eigenvalue weighted by atomic mass is 10.1. The average molecular weight is 322 g/mol. The summed E-state index contributed by atoms with van der Waals surface area (Å²) in [7, 11) is 0. The highest BCUT2D eigenvalue weighted by Crippen LogP contribution is 2.18. The molecule has 0 saturated carbocycles. The zero-order chi connectivity index (χ0) is 16.8. The summed E-state index contributed by atoms with van der Waals surface area (Å²) in [5.41, 5.74) is 3.49. The van der Waals surface area contributed by atoms with Crippen LogP contribution in [-0.4, -0.2) is 24.0 Å². The van der Waals surface area contributed by atoms with Gasteiger partial charge in [-0.05, 0) is 37.1 Å². The summed E-state index contributed by atoms with van der Waals surface area (Å²) in [6, 6.07) is 16.0. The molecule has 2 aromatic carbocycles. The number of nitrogens with one attached hydrogen (secondary N) is 2. The summed E-state index contributed by atoms with van der Waals surface area (Å²) in [6.45, 7) is 3.03. The standard InChI is InChI=1S/C20H22N2O2/c1-15-6-9-17(10-7-15)24-13-12-21-20(23)11-8-16-14-22-19-5-3-2-4-18(16)19/h2-7,9-10,14,22H,8,11-13H2,1H3,(H,21,23). The molecule has 0 aliphatic carbocycles. The number of hydrogen-bond acceptors (Lipinski definition) is 2. The molecule has 3 rings (SSSR count). The number of aromatic nitrogens is 1. The fraction of sp³-hybridized carbons (Fsp3) is 0.250. The van der Waals surface area contributed by atoms with Gasteiger partial charge in [-0.25, -0.2) is 0 Å². The molecule has 4 heteroatoms. The number of hydrogen-bond donors (Lipinski definition) is 2. The zero-order valence-electron chi connectivity index (χ0n) is 13.8. The molecular weight excluding hydrogens is 300 g/mol. The quantitative estimate of drug-likeness (QED) is 0.653. The van der Waals surface area contributed by atoms with Gasteiger partial charge in [-0.1, -0.05) is 35.9 Å². The number of fused-ring (bicyclic) bond motifs is 1. The molecule has 1 amide bonds. The molecule has 0 bridgehead atoms. The van der Waals surface area contributed by atoms with Crippen LogP contribution in [0.2, 0.25) is 0 Å². The second kappa shape index (κ2) is 7.68. The van der Waals surface area contributed by atoms with Gasteiger partial charge in [-0.3, -0.25) is 4.79 Å². The minimum absolute atomic E-state index is 0.0489. The van der Waals surface area contributed by atoms with Crippen molar-refractivity contribution in [2.75, 3.05) is 13.2 Å². The van der Waals surface area contributed by atoms with E-state index in [0.717, 1.165) is 17.7 Å². The molecule has 1 heterocycles.